The molecule has 3 rings (SSSR count). The number of aliphatic hydroxyl groups is 1. The monoisotopic (exact) mass is 214 g/mol. The Hall–Kier alpha value is -1.90. The zero-order chi connectivity index (χ0) is 11.3. The van der Waals surface area contributed by atoms with Crippen LogP contribution in [-0.2, 0) is 4.79 Å². The topological polar surface area (TPSA) is 54.4 Å². The first-order chi connectivity index (χ1) is 7.70. The maximum atomic E-state index is 11.9. The molecule has 1 aromatic carbocycles. The SMILES string of the molecule is O=C1C(C(=O)C2CC2)=C(O)c2ccccc21. The highest BCUT2D eigenvalue weighted by atomic mass is 16.3. The molecular formula is C13H10O3. The van der Waals surface area contributed by atoms with Crippen molar-refractivity contribution >= 4 is 17.3 Å². The van der Waals surface area contributed by atoms with Crippen LogP contribution in [-0.4, -0.2) is 16.7 Å². The van der Waals surface area contributed by atoms with Crippen molar-refractivity contribution in [2.45, 2.75) is 12.8 Å². The predicted octanol–water partition coefficient (Wildman–Crippen LogP) is 2.13. The molecule has 0 heterocycles. The number of aliphatic hydroxyl groups excluding tert-OH is 1. The molecule has 0 saturated heterocycles. The molecule has 3 heteroatoms. The Morgan fingerprint density at radius 3 is 2.38 bits per heavy atom. The highest BCUT2D eigenvalue weighted by Crippen LogP contribution is 2.38. The minimum Gasteiger partial charge on any atom is -0.506 e. The minimum absolute atomic E-state index is 0.0105. The Balaban J connectivity index is 2.12. The number of ketones is 2. The van der Waals surface area contributed by atoms with Crippen LogP contribution in [0.5, 0.6) is 0 Å². The number of hydrogen-bond donors (Lipinski definition) is 1. The van der Waals surface area contributed by atoms with Crippen molar-refractivity contribution in [1.29, 1.82) is 0 Å². The van der Waals surface area contributed by atoms with Gasteiger partial charge in [-0.2, -0.15) is 0 Å². The standard InChI is InChI=1S/C13H10O3/c14-11(7-5-6-7)10-12(15)8-3-1-2-4-9(8)13(10)16/h1-4,7,15H,5-6H2. The highest BCUT2D eigenvalue weighted by Gasteiger charge is 2.40. The molecule has 0 spiro atoms. The van der Waals surface area contributed by atoms with E-state index in [1.807, 2.05) is 0 Å². The highest BCUT2D eigenvalue weighted by molar-refractivity contribution is 6.34. The third kappa shape index (κ3) is 1.14. The molecule has 80 valence electrons. The summed E-state index contributed by atoms with van der Waals surface area (Å²) < 4.78 is 0. The Morgan fingerprint density at radius 2 is 1.81 bits per heavy atom. The van der Waals surface area contributed by atoms with Gasteiger partial charge >= 0.3 is 0 Å². The first-order valence-electron chi connectivity index (χ1n) is 5.31. The zero-order valence-corrected chi connectivity index (χ0v) is 8.56. The van der Waals surface area contributed by atoms with Gasteiger partial charge in [0.15, 0.2) is 5.78 Å². The summed E-state index contributed by atoms with van der Waals surface area (Å²) in [5, 5.41) is 9.90. The lowest BCUT2D eigenvalue weighted by molar-refractivity contribution is -0.116. The third-order valence-corrected chi connectivity index (χ3v) is 3.09. The third-order valence-electron chi connectivity index (χ3n) is 3.09. The molecule has 0 bridgehead atoms. The molecule has 1 saturated carbocycles. The summed E-state index contributed by atoms with van der Waals surface area (Å²) in [4.78, 5) is 23.8. The van der Waals surface area contributed by atoms with Crippen LogP contribution in [0.15, 0.2) is 29.8 Å². The molecule has 16 heavy (non-hydrogen) atoms. The number of Topliss-reactive ketones (excluding diaryl/α,β-unsaturated/α-hetero) is 2. The molecule has 1 aromatic rings. The van der Waals surface area contributed by atoms with Gasteiger partial charge < -0.3 is 5.11 Å². The molecular weight excluding hydrogens is 204 g/mol. The number of carbonyl (C=O) groups excluding carboxylic acids is 2. The number of fused-ring (bicyclic) bond motifs is 1. The van der Waals surface area contributed by atoms with Crippen LogP contribution in [0.1, 0.15) is 28.8 Å². The second kappa shape index (κ2) is 3.04. The minimum atomic E-state index is -0.329. The van der Waals surface area contributed by atoms with Gasteiger partial charge in [-0.05, 0) is 12.8 Å². The number of hydrogen-bond acceptors (Lipinski definition) is 3. The van der Waals surface area contributed by atoms with Crippen molar-refractivity contribution in [3.63, 3.8) is 0 Å². The van der Waals surface area contributed by atoms with Crippen LogP contribution in [0.25, 0.3) is 5.76 Å². The molecule has 1 N–H and O–H groups in total. The van der Waals surface area contributed by atoms with E-state index < -0.39 is 0 Å². The van der Waals surface area contributed by atoms with Crippen molar-refractivity contribution in [3.8, 4) is 0 Å². The maximum absolute atomic E-state index is 11.9. The quantitative estimate of drug-likeness (QED) is 0.767. The van der Waals surface area contributed by atoms with E-state index in [2.05, 4.69) is 0 Å². The number of carbonyl (C=O) groups is 2. The van der Waals surface area contributed by atoms with Gasteiger partial charge in [-0.3, -0.25) is 9.59 Å². The number of rotatable bonds is 2. The summed E-state index contributed by atoms with van der Waals surface area (Å²) in [7, 11) is 0. The summed E-state index contributed by atoms with van der Waals surface area (Å²) in [6.07, 6.45) is 1.67. The van der Waals surface area contributed by atoms with Gasteiger partial charge in [0.05, 0.1) is 0 Å². The van der Waals surface area contributed by atoms with E-state index in [9.17, 15) is 14.7 Å². The fourth-order valence-corrected chi connectivity index (χ4v) is 2.04. The summed E-state index contributed by atoms with van der Waals surface area (Å²) in [6.45, 7) is 0. The molecule has 0 radical (unpaired) electrons. The molecule has 0 aromatic heterocycles. The largest absolute Gasteiger partial charge is 0.506 e. The van der Waals surface area contributed by atoms with E-state index in [1.54, 1.807) is 24.3 Å². The molecule has 3 nitrogen and oxygen atoms in total. The van der Waals surface area contributed by atoms with Gasteiger partial charge in [-0.15, -0.1) is 0 Å². The van der Waals surface area contributed by atoms with Crippen LogP contribution >= 0.6 is 0 Å². The second-order valence-corrected chi connectivity index (χ2v) is 4.24. The molecule has 0 amide bonds. The average Bonchev–Trinajstić information content (AvgIpc) is 3.09. The van der Waals surface area contributed by atoms with Crippen LogP contribution < -0.4 is 0 Å². The fraction of sp³-hybridized carbons (Fsp3) is 0.231. The summed E-state index contributed by atoms with van der Waals surface area (Å²) in [6, 6.07) is 6.78. The van der Waals surface area contributed by atoms with E-state index in [0.717, 1.165) is 12.8 Å². The number of benzene rings is 1. The van der Waals surface area contributed by atoms with Gasteiger partial charge in [0.1, 0.15) is 11.3 Å². The van der Waals surface area contributed by atoms with Crippen LogP contribution in [0, 0.1) is 5.92 Å². The van der Waals surface area contributed by atoms with Gasteiger partial charge in [0, 0.05) is 17.0 Å². The Bertz CT molecular complexity index is 536. The van der Waals surface area contributed by atoms with Crippen molar-refractivity contribution in [1.82, 2.24) is 0 Å². The summed E-state index contributed by atoms with van der Waals surface area (Å²) in [5.41, 5.74) is 0.907. The van der Waals surface area contributed by atoms with Crippen LogP contribution in [0.3, 0.4) is 0 Å². The molecule has 1 fully saturated rings. The fourth-order valence-electron chi connectivity index (χ4n) is 2.04. The smallest absolute Gasteiger partial charge is 0.201 e. The average molecular weight is 214 g/mol. The van der Waals surface area contributed by atoms with E-state index in [-0.39, 0.29) is 28.8 Å². The Kier molecular flexibility index (Phi) is 1.78. The van der Waals surface area contributed by atoms with Crippen molar-refractivity contribution < 1.29 is 14.7 Å². The molecule has 2 aliphatic rings. The van der Waals surface area contributed by atoms with E-state index in [0.29, 0.717) is 11.1 Å². The first-order valence-corrected chi connectivity index (χ1v) is 5.31. The second-order valence-electron chi connectivity index (χ2n) is 4.24. The summed E-state index contributed by atoms with van der Waals surface area (Å²) >= 11 is 0. The molecule has 0 aliphatic heterocycles. The van der Waals surface area contributed by atoms with Gasteiger partial charge in [-0.25, -0.2) is 0 Å². The zero-order valence-electron chi connectivity index (χ0n) is 8.56. The number of allylic oxidation sites excluding steroid dienone is 1. The Morgan fingerprint density at radius 1 is 1.19 bits per heavy atom. The molecule has 0 atom stereocenters. The maximum Gasteiger partial charge on any atom is 0.201 e. The predicted molar refractivity (Wildman–Crippen MR) is 58.1 cm³/mol. The van der Waals surface area contributed by atoms with Crippen LogP contribution in [0.2, 0.25) is 0 Å². The van der Waals surface area contributed by atoms with E-state index in [4.69, 9.17) is 0 Å². The van der Waals surface area contributed by atoms with Crippen molar-refractivity contribution in [3.05, 3.63) is 41.0 Å². The van der Waals surface area contributed by atoms with E-state index in [1.165, 1.54) is 0 Å². The first kappa shape index (κ1) is 9.33. The lowest BCUT2D eigenvalue weighted by atomic mass is 10.0. The summed E-state index contributed by atoms with van der Waals surface area (Å²) in [5.74, 6) is -0.711. The van der Waals surface area contributed by atoms with Crippen molar-refractivity contribution in [2.75, 3.05) is 0 Å². The lowest BCUT2D eigenvalue weighted by Gasteiger charge is -1.98. The van der Waals surface area contributed by atoms with Gasteiger partial charge in [0.25, 0.3) is 0 Å². The molecule has 2 aliphatic carbocycles. The van der Waals surface area contributed by atoms with E-state index >= 15 is 0 Å². The van der Waals surface area contributed by atoms with Gasteiger partial charge in [0.2, 0.25) is 5.78 Å². The Labute approximate surface area is 92.4 Å². The normalized spacial score (nSPS) is 18.9. The lowest BCUT2D eigenvalue weighted by Crippen LogP contribution is -2.12. The molecule has 0 unspecified atom stereocenters. The van der Waals surface area contributed by atoms with Crippen LogP contribution in [0.4, 0.5) is 0 Å². The van der Waals surface area contributed by atoms with Gasteiger partial charge in [-0.1, -0.05) is 24.3 Å². The van der Waals surface area contributed by atoms with Crippen molar-refractivity contribution in [2.24, 2.45) is 5.92 Å².